The van der Waals surface area contributed by atoms with Crippen molar-refractivity contribution in [3.05, 3.63) is 35.5 Å². The van der Waals surface area contributed by atoms with Gasteiger partial charge in [0, 0.05) is 22.8 Å². The lowest BCUT2D eigenvalue weighted by Crippen LogP contribution is -2.13. The minimum absolute atomic E-state index is 0.0231. The fourth-order valence-electron chi connectivity index (χ4n) is 3.91. The zero-order valence-corrected chi connectivity index (χ0v) is 24.4. The zero-order chi connectivity index (χ0) is 27.5. The van der Waals surface area contributed by atoms with E-state index in [-0.39, 0.29) is 22.2 Å². The van der Waals surface area contributed by atoms with Gasteiger partial charge in [0.25, 0.3) is 5.22 Å². The highest BCUT2D eigenvalue weighted by Gasteiger charge is 2.34. The van der Waals surface area contributed by atoms with E-state index < -0.39 is 11.7 Å². The topological polar surface area (TPSA) is 68.0 Å². The third-order valence-corrected chi connectivity index (χ3v) is 8.34. The number of halogens is 3. The van der Waals surface area contributed by atoms with Crippen LogP contribution in [-0.4, -0.2) is 33.1 Å². The number of para-hydroxylation sites is 1. The van der Waals surface area contributed by atoms with E-state index in [1.165, 1.54) is 23.9 Å². The van der Waals surface area contributed by atoms with Gasteiger partial charge >= 0.3 is 6.18 Å². The van der Waals surface area contributed by atoms with Gasteiger partial charge in [0.2, 0.25) is 5.91 Å². The monoisotopic (exact) mass is 585 g/mol. The molecule has 5 nitrogen and oxygen atoms in total. The molecule has 0 saturated carbocycles. The highest BCUT2D eigenvalue weighted by atomic mass is 32.2. The van der Waals surface area contributed by atoms with Crippen LogP contribution in [0.25, 0.3) is 11.1 Å². The van der Waals surface area contributed by atoms with Crippen LogP contribution in [0.4, 0.5) is 18.9 Å². The Hall–Kier alpha value is -1.85. The number of nitrogens with one attached hydrogen (secondary N) is 1. The minimum Gasteiger partial charge on any atom is -0.431 e. The number of hydrogen-bond acceptors (Lipinski definition) is 7. The smallest absolute Gasteiger partial charge is 0.420 e. The van der Waals surface area contributed by atoms with Crippen molar-refractivity contribution in [3.63, 3.8) is 0 Å². The first kappa shape index (κ1) is 30.7. The van der Waals surface area contributed by atoms with Gasteiger partial charge in [-0.2, -0.15) is 13.2 Å². The van der Waals surface area contributed by atoms with E-state index in [1.54, 1.807) is 23.5 Å². The number of carbonyl (C=O) groups is 1. The number of carbonyl (C=O) groups excluding carboxylic acids is 1. The number of nitrogens with zero attached hydrogens (tertiary/aromatic N) is 2. The van der Waals surface area contributed by atoms with Crippen molar-refractivity contribution in [1.82, 2.24) is 9.97 Å². The second-order valence-corrected chi connectivity index (χ2v) is 12.3. The van der Waals surface area contributed by atoms with Crippen LogP contribution in [0.1, 0.15) is 70.1 Å². The molecule has 2 aromatic heterocycles. The molecule has 0 aliphatic heterocycles. The molecule has 0 bridgehead atoms. The lowest BCUT2D eigenvalue weighted by molar-refractivity contribution is -0.136. The first-order valence-electron chi connectivity index (χ1n) is 12.9. The summed E-state index contributed by atoms with van der Waals surface area (Å²) in [5.41, 5.74) is 1.03. The fourth-order valence-corrected chi connectivity index (χ4v) is 6.45. The Morgan fingerprint density at radius 1 is 0.974 bits per heavy atom. The number of rotatable bonds is 15. The maximum atomic E-state index is 13.1. The molecule has 2 heterocycles. The molecule has 1 N–H and O–H groups in total. The standard InChI is InChI=1S/C27H34F3N3O2S3/c1-4-36-21-17-18(3)31-25(37-5-2)23(21)33-22(34)15-10-8-6-7-9-11-16-38-26-32-20-14-12-13-19(24(20)35-26)27(28,29)30/h12-14,17H,4-11,15-16H2,1-3H3,(H,33,34). The maximum absolute atomic E-state index is 13.1. The number of unbranched alkanes of at least 4 members (excludes halogenated alkanes) is 5. The van der Waals surface area contributed by atoms with Crippen LogP contribution in [0, 0.1) is 6.92 Å². The van der Waals surface area contributed by atoms with Crippen molar-refractivity contribution in [2.45, 2.75) is 87.0 Å². The van der Waals surface area contributed by atoms with E-state index in [2.05, 4.69) is 29.1 Å². The first-order valence-corrected chi connectivity index (χ1v) is 15.8. The summed E-state index contributed by atoms with van der Waals surface area (Å²) >= 11 is 4.70. The summed E-state index contributed by atoms with van der Waals surface area (Å²) in [5.74, 6) is 2.57. The van der Waals surface area contributed by atoms with Crippen molar-refractivity contribution in [3.8, 4) is 0 Å². The Labute approximate surface area is 234 Å². The number of hydrogen-bond donors (Lipinski definition) is 1. The Kier molecular flexibility index (Phi) is 12.2. The van der Waals surface area contributed by atoms with Crippen molar-refractivity contribution < 1.29 is 22.4 Å². The predicted octanol–water partition coefficient (Wildman–Crippen LogP) is 9.24. The van der Waals surface area contributed by atoms with Crippen LogP contribution in [0.2, 0.25) is 0 Å². The quantitative estimate of drug-likeness (QED) is 0.141. The molecule has 0 radical (unpaired) electrons. The Balaban J connectivity index is 1.34. The number of aromatic nitrogens is 2. The third-order valence-electron chi connectivity index (χ3n) is 5.65. The average Bonchev–Trinajstić information content (AvgIpc) is 3.27. The van der Waals surface area contributed by atoms with Crippen molar-refractivity contribution in [1.29, 1.82) is 0 Å². The SMILES string of the molecule is CCSc1cc(C)nc(SCC)c1NC(=O)CCCCCCCCSc1nc2cccc(C(F)(F)F)c2o1. The van der Waals surface area contributed by atoms with Gasteiger partial charge < -0.3 is 9.73 Å². The van der Waals surface area contributed by atoms with Gasteiger partial charge in [-0.3, -0.25) is 4.79 Å². The van der Waals surface area contributed by atoms with E-state index in [9.17, 15) is 18.0 Å². The van der Waals surface area contributed by atoms with E-state index in [0.29, 0.717) is 6.42 Å². The highest BCUT2D eigenvalue weighted by molar-refractivity contribution is 8.00. The van der Waals surface area contributed by atoms with E-state index >= 15 is 0 Å². The molecule has 0 aliphatic carbocycles. The lowest BCUT2D eigenvalue weighted by atomic mass is 10.1. The molecule has 11 heteroatoms. The molecule has 1 aromatic carbocycles. The van der Waals surface area contributed by atoms with Crippen molar-refractivity contribution >= 4 is 58.0 Å². The molecule has 0 fully saturated rings. The Morgan fingerprint density at radius 2 is 1.68 bits per heavy atom. The number of fused-ring (bicyclic) bond motifs is 1. The molecule has 38 heavy (non-hydrogen) atoms. The van der Waals surface area contributed by atoms with Crippen LogP contribution in [-0.2, 0) is 11.0 Å². The van der Waals surface area contributed by atoms with Crippen LogP contribution in [0.3, 0.4) is 0 Å². The summed E-state index contributed by atoms with van der Waals surface area (Å²) in [4.78, 5) is 22.5. The van der Waals surface area contributed by atoms with Gasteiger partial charge in [-0.05, 0) is 49.5 Å². The molecule has 208 valence electrons. The molecule has 0 atom stereocenters. The van der Waals surface area contributed by atoms with Crippen LogP contribution >= 0.6 is 35.3 Å². The van der Waals surface area contributed by atoms with E-state index in [1.807, 2.05) is 13.0 Å². The van der Waals surface area contributed by atoms with Crippen LogP contribution in [0.5, 0.6) is 0 Å². The lowest BCUT2D eigenvalue weighted by Gasteiger charge is -2.15. The van der Waals surface area contributed by atoms with Gasteiger partial charge in [0.15, 0.2) is 5.58 Å². The van der Waals surface area contributed by atoms with E-state index in [0.717, 1.165) is 83.2 Å². The molecule has 3 aromatic rings. The Bertz CT molecular complexity index is 1170. The molecule has 1 amide bonds. The molecule has 0 saturated heterocycles. The van der Waals surface area contributed by atoms with Gasteiger partial charge in [-0.25, -0.2) is 9.97 Å². The Morgan fingerprint density at radius 3 is 2.39 bits per heavy atom. The number of benzene rings is 1. The van der Waals surface area contributed by atoms with Crippen LogP contribution in [0.15, 0.2) is 43.8 Å². The first-order chi connectivity index (χ1) is 18.2. The molecule has 0 unspecified atom stereocenters. The number of alkyl halides is 3. The second kappa shape index (κ2) is 15.1. The summed E-state index contributed by atoms with van der Waals surface area (Å²) < 4.78 is 44.8. The number of amides is 1. The molecule has 0 spiro atoms. The molecule has 3 rings (SSSR count). The average molecular weight is 586 g/mol. The molecule has 0 aliphatic rings. The molecular weight excluding hydrogens is 552 g/mol. The maximum Gasteiger partial charge on any atom is 0.420 e. The highest BCUT2D eigenvalue weighted by Crippen LogP contribution is 2.37. The van der Waals surface area contributed by atoms with Gasteiger partial charge in [0.1, 0.15) is 16.1 Å². The van der Waals surface area contributed by atoms with Gasteiger partial charge in [-0.1, -0.05) is 57.4 Å². The number of anilines is 1. The summed E-state index contributed by atoms with van der Waals surface area (Å²) in [5, 5.41) is 4.26. The largest absolute Gasteiger partial charge is 0.431 e. The zero-order valence-electron chi connectivity index (χ0n) is 22.0. The summed E-state index contributed by atoms with van der Waals surface area (Å²) in [6.45, 7) is 6.15. The predicted molar refractivity (Wildman–Crippen MR) is 152 cm³/mol. The second-order valence-electron chi connectivity index (χ2n) is 8.71. The van der Waals surface area contributed by atoms with Gasteiger partial charge in [0.05, 0.1) is 5.69 Å². The van der Waals surface area contributed by atoms with Crippen molar-refractivity contribution in [2.24, 2.45) is 0 Å². The summed E-state index contributed by atoms with van der Waals surface area (Å²) in [6.07, 6.45) is 1.84. The normalized spacial score (nSPS) is 11.8. The third kappa shape index (κ3) is 9.12. The van der Waals surface area contributed by atoms with Gasteiger partial charge in [-0.15, -0.1) is 23.5 Å². The van der Waals surface area contributed by atoms with Crippen LogP contribution < -0.4 is 5.32 Å². The summed E-state index contributed by atoms with van der Waals surface area (Å²) in [6, 6.07) is 5.92. The number of thioether (sulfide) groups is 3. The fraction of sp³-hybridized carbons (Fsp3) is 0.519. The number of oxazole rings is 1. The number of aryl methyl sites for hydroxylation is 1. The number of pyridine rings is 1. The van der Waals surface area contributed by atoms with E-state index in [4.69, 9.17) is 4.42 Å². The summed E-state index contributed by atoms with van der Waals surface area (Å²) in [7, 11) is 0. The van der Waals surface area contributed by atoms with Crippen molar-refractivity contribution in [2.75, 3.05) is 22.6 Å². The minimum atomic E-state index is -4.46. The molecular formula is C27H34F3N3O2S3.